The van der Waals surface area contributed by atoms with Gasteiger partial charge in [-0.15, -0.1) is 0 Å². The second-order valence-corrected chi connectivity index (χ2v) is 4.12. The molecule has 0 saturated heterocycles. The quantitative estimate of drug-likeness (QED) is 0.578. The van der Waals surface area contributed by atoms with Crippen LogP contribution in [0, 0.1) is 0 Å². The van der Waals surface area contributed by atoms with Crippen molar-refractivity contribution in [3.8, 4) is 0 Å². The molecule has 1 amide bonds. The van der Waals surface area contributed by atoms with Crippen LogP contribution in [0.15, 0.2) is 0 Å². The molecule has 72 valence electrons. The molecular formula is C8H18N2OS. The zero-order valence-electron chi connectivity index (χ0n) is 7.80. The van der Waals surface area contributed by atoms with E-state index in [9.17, 15) is 4.79 Å². The van der Waals surface area contributed by atoms with E-state index in [0.717, 1.165) is 18.1 Å². The SMILES string of the molecule is CCSCCNC(C)CC(N)=O. The fraction of sp³-hybridized carbons (Fsp3) is 0.875. The molecule has 0 aliphatic rings. The monoisotopic (exact) mass is 190 g/mol. The van der Waals surface area contributed by atoms with Gasteiger partial charge < -0.3 is 11.1 Å². The molecule has 1 unspecified atom stereocenters. The Morgan fingerprint density at radius 2 is 2.33 bits per heavy atom. The Hall–Kier alpha value is -0.220. The van der Waals surface area contributed by atoms with Crippen molar-refractivity contribution in [1.29, 1.82) is 0 Å². The molecule has 4 heteroatoms. The lowest BCUT2D eigenvalue weighted by atomic mass is 10.2. The summed E-state index contributed by atoms with van der Waals surface area (Å²) in [5.41, 5.74) is 5.04. The maximum atomic E-state index is 10.5. The molecule has 0 heterocycles. The number of rotatable bonds is 7. The van der Waals surface area contributed by atoms with Crippen molar-refractivity contribution in [2.45, 2.75) is 26.3 Å². The lowest BCUT2D eigenvalue weighted by Crippen LogP contribution is -2.32. The van der Waals surface area contributed by atoms with Crippen LogP contribution in [0.4, 0.5) is 0 Å². The van der Waals surface area contributed by atoms with Gasteiger partial charge in [0, 0.05) is 24.8 Å². The Balaban J connectivity index is 3.19. The van der Waals surface area contributed by atoms with Gasteiger partial charge in [-0.1, -0.05) is 6.92 Å². The zero-order valence-corrected chi connectivity index (χ0v) is 8.62. The number of nitrogens with two attached hydrogens (primary N) is 1. The molecular weight excluding hydrogens is 172 g/mol. The molecule has 12 heavy (non-hydrogen) atoms. The van der Waals surface area contributed by atoms with Crippen LogP contribution in [0.2, 0.25) is 0 Å². The van der Waals surface area contributed by atoms with E-state index in [4.69, 9.17) is 5.73 Å². The van der Waals surface area contributed by atoms with Gasteiger partial charge in [0.1, 0.15) is 0 Å². The molecule has 1 atom stereocenters. The van der Waals surface area contributed by atoms with Crippen molar-refractivity contribution in [3.63, 3.8) is 0 Å². The third-order valence-corrected chi connectivity index (χ3v) is 2.35. The number of carbonyl (C=O) groups excluding carboxylic acids is 1. The zero-order chi connectivity index (χ0) is 9.40. The highest BCUT2D eigenvalue weighted by atomic mass is 32.2. The Bertz CT molecular complexity index is 130. The molecule has 0 aromatic rings. The van der Waals surface area contributed by atoms with Crippen LogP contribution in [0.3, 0.4) is 0 Å². The van der Waals surface area contributed by atoms with Crippen LogP contribution in [-0.4, -0.2) is 30.0 Å². The number of nitrogens with one attached hydrogen (secondary N) is 1. The number of carbonyl (C=O) groups is 1. The first-order valence-electron chi connectivity index (χ1n) is 4.26. The standard InChI is InChI=1S/C8H18N2OS/c1-3-12-5-4-10-7(2)6-8(9)11/h7,10H,3-6H2,1-2H3,(H2,9,11). The second-order valence-electron chi connectivity index (χ2n) is 2.72. The molecule has 3 N–H and O–H groups in total. The number of amides is 1. The van der Waals surface area contributed by atoms with E-state index < -0.39 is 0 Å². The Labute approximate surface area is 78.5 Å². The van der Waals surface area contributed by atoms with E-state index in [0.29, 0.717) is 6.42 Å². The average Bonchev–Trinajstić information content (AvgIpc) is 1.97. The minimum atomic E-state index is -0.238. The molecule has 0 aromatic heterocycles. The lowest BCUT2D eigenvalue weighted by molar-refractivity contribution is -0.118. The number of hydrogen-bond acceptors (Lipinski definition) is 3. The topological polar surface area (TPSA) is 55.1 Å². The molecule has 0 rings (SSSR count). The average molecular weight is 190 g/mol. The van der Waals surface area contributed by atoms with Crippen molar-refractivity contribution in [2.75, 3.05) is 18.1 Å². The number of primary amides is 1. The molecule has 3 nitrogen and oxygen atoms in total. The van der Waals surface area contributed by atoms with Crippen LogP contribution >= 0.6 is 11.8 Å². The Kier molecular flexibility index (Phi) is 7.29. The first-order chi connectivity index (χ1) is 5.66. The highest BCUT2D eigenvalue weighted by Crippen LogP contribution is 1.96. The molecule has 0 saturated carbocycles. The third-order valence-electron chi connectivity index (χ3n) is 1.45. The highest BCUT2D eigenvalue weighted by Gasteiger charge is 2.03. The van der Waals surface area contributed by atoms with Crippen molar-refractivity contribution < 1.29 is 4.79 Å². The first-order valence-corrected chi connectivity index (χ1v) is 5.41. The van der Waals surface area contributed by atoms with Crippen LogP contribution in [0.25, 0.3) is 0 Å². The van der Waals surface area contributed by atoms with E-state index in [1.54, 1.807) is 0 Å². The van der Waals surface area contributed by atoms with E-state index in [1.165, 1.54) is 0 Å². The van der Waals surface area contributed by atoms with E-state index in [2.05, 4.69) is 12.2 Å². The minimum absolute atomic E-state index is 0.208. The van der Waals surface area contributed by atoms with Gasteiger partial charge in [0.15, 0.2) is 0 Å². The van der Waals surface area contributed by atoms with Gasteiger partial charge in [0.2, 0.25) is 5.91 Å². The van der Waals surface area contributed by atoms with Crippen molar-refractivity contribution in [1.82, 2.24) is 5.32 Å². The van der Waals surface area contributed by atoms with Crippen LogP contribution in [0.5, 0.6) is 0 Å². The number of hydrogen-bond donors (Lipinski definition) is 2. The fourth-order valence-corrected chi connectivity index (χ4v) is 1.45. The van der Waals surface area contributed by atoms with Crippen molar-refractivity contribution in [3.05, 3.63) is 0 Å². The van der Waals surface area contributed by atoms with E-state index in [-0.39, 0.29) is 11.9 Å². The molecule has 0 aliphatic heterocycles. The van der Waals surface area contributed by atoms with Gasteiger partial charge >= 0.3 is 0 Å². The number of thioether (sulfide) groups is 1. The minimum Gasteiger partial charge on any atom is -0.370 e. The maximum Gasteiger partial charge on any atom is 0.218 e. The predicted octanol–water partition coefficient (Wildman–Crippen LogP) is 0.593. The Morgan fingerprint density at radius 3 is 2.83 bits per heavy atom. The van der Waals surface area contributed by atoms with Crippen molar-refractivity contribution >= 4 is 17.7 Å². The maximum absolute atomic E-state index is 10.5. The Morgan fingerprint density at radius 1 is 1.67 bits per heavy atom. The summed E-state index contributed by atoms with van der Waals surface area (Å²) < 4.78 is 0. The van der Waals surface area contributed by atoms with Gasteiger partial charge in [0.25, 0.3) is 0 Å². The summed E-state index contributed by atoms with van der Waals surface area (Å²) in [6.07, 6.45) is 0.427. The smallest absolute Gasteiger partial charge is 0.218 e. The van der Waals surface area contributed by atoms with Crippen molar-refractivity contribution in [2.24, 2.45) is 5.73 Å². The first kappa shape index (κ1) is 11.8. The van der Waals surface area contributed by atoms with Crippen LogP contribution in [-0.2, 0) is 4.79 Å². The summed E-state index contributed by atoms with van der Waals surface area (Å²) in [6, 6.07) is 0.208. The summed E-state index contributed by atoms with van der Waals surface area (Å²) in [7, 11) is 0. The largest absolute Gasteiger partial charge is 0.370 e. The van der Waals surface area contributed by atoms with Gasteiger partial charge in [-0.2, -0.15) is 11.8 Å². The van der Waals surface area contributed by atoms with E-state index >= 15 is 0 Å². The normalized spacial score (nSPS) is 12.8. The van der Waals surface area contributed by atoms with Gasteiger partial charge in [-0.25, -0.2) is 0 Å². The summed E-state index contributed by atoms with van der Waals surface area (Å²) in [6.45, 7) is 5.06. The van der Waals surface area contributed by atoms with Gasteiger partial charge in [-0.05, 0) is 12.7 Å². The van der Waals surface area contributed by atoms with Crippen LogP contribution in [0.1, 0.15) is 20.3 Å². The molecule has 0 fully saturated rings. The molecule has 0 aliphatic carbocycles. The molecule has 0 radical (unpaired) electrons. The third kappa shape index (κ3) is 7.88. The van der Waals surface area contributed by atoms with Gasteiger partial charge in [0.05, 0.1) is 0 Å². The lowest BCUT2D eigenvalue weighted by Gasteiger charge is -2.10. The molecule has 0 aromatic carbocycles. The molecule has 0 bridgehead atoms. The second kappa shape index (κ2) is 7.43. The van der Waals surface area contributed by atoms with E-state index in [1.807, 2.05) is 18.7 Å². The van der Waals surface area contributed by atoms with Gasteiger partial charge in [-0.3, -0.25) is 4.79 Å². The molecule has 0 spiro atoms. The summed E-state index contributed by atoms with van der Waals surface area (Å²) in [5.74, 6) is 2.00. The summed E-state index contributed by atoms with van der Waals surface area (Å²) in [5, 5.41) is 3.23. The predicted molar refractivity (Wildman–Crippen MR) is 54.3 cm³/mol. The summed E-state index contributed by atoms with van der Waals surface area (Å²) >= 11 is 1.89. The summed E-state index contributed by atoms with van der Waals surface area (Å²) in [4.78, 5) is 10.5. The fourth-order valence-electron chi connectivity index (χ4n) is 0.896. The highest BCUT2D eigenvalue weighted by molar-refractivity contribution is 7.99. The van der Waals surface area contributed by atoms with Crippen LogP contribution < -0.4 is 11.1 Å².